The van der Waals surface area contributed by atoms with E-state index in [4.69, 9.17) is 27.9 Å². The van der Waals surface area contributed by atoms with Gasteiger partial charge in [0.15, 0.2) is 0 Å². The SMILES string of the molecule is CC(=NNC(=O)CCCOc1ccc(Cl)cc1Cl)c1ccc(O)cc1. The summed E-state index contributed by atoms with van der Waals surface area (Å²) in [6, 6.07) is 11.6. The summed E-state index contributed by atoms with van der Waals surface area (Å²) >= 11 is 11.8. The van der Waals surface area contributed by atoms with E-state index in [-0.39, 0.29) is 18.1 Å². The van der Waals surface area contributed by atoms with E-state index in [1.807, 2.05) is 0 Å². The molecule has 0 aliphatic heterocycles. The number of phenols is 1. The zero-order valence-electron chi connectivity index (χ0n) is 13.6. The van der Waals surface area contributed by atoms with Gasteiger partial charge in [-0.1, -0.05) is 23.2 Å². The molecule has 25 heavy (non-hydrogen) atoms. The third-order valence-corrected chi connectivity index (χ3v) is 3.86. The first kappa shape index (κ1) is 19.1. The number of carbonyl (C=O) groups is 1. The van der Waals surface area contributed by atoms with Crippen LogP contribution < -0.4 is 10.2 Å². The first-order valence-corrected chi connectivity index (χ1v) is 8.41. The van der Waals surface area contributed by atoms with Crippen molar-refractivity contribution in [3.05, 3.63) is 58.1 Å². The smallest absolute Gasteiger partial charge is 0.240 e. The van der Waals surface area contributed by atoms with E-state index < -0.39 is 0 Å². The molecular weight excluding hydrogens is 363 g/mol. The molecule has 0 unspecified atom stereocenters. The molecular formula is C18H18Cl2N2O3. The molecule has 0 saturated carbocycles. The number of amides is 1. The molecule has 2 aromatic rings. The number of hydrazone groups is 1. The summed E-state index contributed by atoms with van der Waals surface area (Å²) in [6.07, 6.45) is 0.802. The fourth-order valence-electron chi connectivity index (χ4n) is 1.98. The van der Waals surface area contributed by atoms with E-state index in [2.05, 4.69) is 10.5 Å². The van der Waals surface area contributed by atoms with Crippen molar-refractivity contribution in [2.75, 3.05) is 6.61 Å². The molecule has 2 rings (SSSR count). The average molecular weight is 381 g/mol. The predicted octanol–water partition coefficient (Wildman–Crippen LogP) is 4.40. The molecule has 0 heterocycles. The second kappa shape index (κ2) is 9.30. The quantitative estimate of drug-likeness (QED) is 0.424. The lowest BCUT2D eigenvalue weighted by molar-refractivity contribution is -0.121. The van der Waals surface area contributed by atoms with E-state index >= 15 is 0 Å². The zero-order chi connectivity index (χ0) is 18.2. The number of benzene rings is 2. The van der Waals surface area contributed by atoms with Gasteiger partial charge < -0.3 is 9.84 Å². The monoisotopic (exact) mass is 380 g/mol. The van der Waals surface area contributed by atoms with Gasteiger partial charge in [0.1, 0.15) is 11.5 Å². The first-order valence-electron chi connectivity index (χ1n) is 7.66. The van der Waals surface area contributed by atoms with Crippen molar-refractivity contribution >= 4 is 34.8 Å². The van der Waals surface area contributed by atoms with Gasteiger partial charge in [0.25, 0.3) is 0 Å². The van der Waals surface area contributed by atoms with Crippen LogP contribution in [0, 0.1) is 0 Å². The van der Waals surface area contributed by atoms with Gasteiger partial charge >= 0.3 is 0 Å². The molecule has 0 fully saturated rings. The fraction of sp³-hybridized carbons (Fsp3) is 0.222. The molecule has 0 aromatic heterocycles. The van der Waals surface area contributed by atoms with E-state index in [9.17, 15) is 9.90 Å². The molecule has 0 atom stereocenters. The van der Waals surface area contributed by atoms with Gasteiger partial charge in [0, 0.05) is 11.4 Å². The van der Waals surface area contributed by atoms with Crippen LogP contribution in [0.2, 0.25) is 10.0 Å². The second-order valence-corrected chi connectivity index (χ2v) is 6.15. The molecule has 5 nitrogen and oxygen atoms in total. The van der Waals surface area contributed by atoms with Crippen molar-refractivity contribution in [1.82, 2.24) is 5.43 Å². The Labute approximate surface area is 156 Å². The summed E-state index contributed by atoms with van der Waals surface area (Å²) in [5, 5.41) is 14.3. The normalized spacial score (nSPS) is 11.2. The van der Waals surface area contributed by atoms with Crippen molar-refractivity contribution in [3.63, 3.8) is 0 Å². The number of hydrogen-bond acceptors (Lipinski definition) is 4. The third kappa shape index (κ3) is 6.29. The number of halogens is 2. The number of aromatic hydroxyl groups is 1. The van der Waals surface area contributed by atoms with Gasteiger partial charge in [-0.05, 0) is 61.4 Å². The maximum absolute atomic E-state index is 11.8. The molecule has 2 aromatic carbocycles. The van der Waals surface area contributed by atoms with E-state index in [0.29, 0.717) is 34.5 Å². The Morgan fingerprint density at radius 3 is 2.60 bits per heavy atom. The summed E-state index contributed by atoms with van der Waals surface area (Å²) in [7, 11) is 0. The van der Waals surface area contributed by atoms with Crippen LogP contribution in [0.1, 0.15) is 25.3 Å². The van der Waals surface area contributed by atoms with E-state index in [1.54, 1.807) is 49.4 Å². The number of rotatable bonds is 7. The van der Waals surface area contributed by atoms with Crippen molar-refractivity contribution in [1.29, 1.82) is 0 Å². The van der Waals surface area contributed by atoms with Gasteiger partial charge in [-0.25, -0.2) is 5.43 Å². The van der Waals surface area contributed by atoms with Gasteiger partial charge in [-0.2, -0.15) is 5.10 Å². The molecule has 1 amide bonds. The Morgan fingerprint density at radius 2 is 1.92 bits per heavy atom. The molecule has 0 aliphatic carbocycles. The van der Waals surface area contributed by atoms with Crippen LogP contribution in [-0.2, 0) is 4.79 Å². The third-order valence-electron chi connectivity index (χ3n) is 3.33. The Balaban J connectivity index is 1.73. The number of nitrogens with zero attached hydrogens (tertiary/aromatic N) is 1. The molecule has 0 saturated heterocycles. The van der Waals surface area contributed by atoms with Crippen LogP contribution in [0.3, 0.4) is 0 Å². The molecule has 0 bridgehead atoms. The van der Waals surface area contributed by atoms with Crippen LogP contribution in [0.5, 0.6) is 11.5 Å². The predicted molar refractivity (Wildman–Crippen MR) is 99.7 cm³/mol. The minimum atomic E-state index is -0.205. The highest BCUT2D eigenvalue weighted by Crippen LogP contribution is 2.27. The maximum atomic E-state index is 11.8. The van der Waals surface area contributed by atoms with Crippen molar-refractivity contribution in [2.24, 2.45) is 5.10 Å². The lowest BCUT2D eigenvalue weighted by atomic mass is 10.1. The van der Waals surface area contributed by atoms with Gasteiger partial charge in [-0.15, -0.1) is 0 Å². The van der Waals surface area contributed by atoms with E-state index in [1.165, 1.54) is 0 Å². The standard InChI is InChI=1S/C18H18Cl2N2O3/c1-12(13-4-7-15(23)8-5-13)21-22-18(24)3-2-10-25-17-9-6-14(19)11-16(17)20/h4-9,11,23H,2-3,10H2,1H3,(H,22,24). The van der Waals surface area contributed by atoms with Crippen LogP contribution in [0.25, 0.3) is 0 Å². The Hall–Kier alpha value is -2.24. The number of nitrogens with one attached hydrogen (secondary N) is 1. The zero-order valence-corrected chi connectivity index (χ0v) is 15.1. The molecule has 2 N–H and O–H groups in total. The van der Waals surface area contributed by atoms with Crippen LogP contribution in [0.4, 0.5) is 0 Å². The van der Waals surface area contributed by atoms with Crippen LogP contribution >= 0.6 is 23.2 Å². The van der Waals surface area contributed by atoms with Gasteiger partial charge in [-0.3, -0.25) is 4.79 Å². The van der Waals surface area contributed by atoms with Crippen LogP contribution in [-0.4, -0.2) is 23.3 Å². The second-order valence-electron chi connectivity index (χ2n) is 5.31. The summed E-state index contributed by atoms with van der Waals surface area (Å²) in [5.41, 5.74) is 3.97. The number of carbonyl (C=O) groups excluding carboxylic acids is 1. The van der Waals surface area contributed by atoms with Gasteiger partial charge in [0.2, 0.25) is 5.91 Å². The average Bonchev–Trinajstić information content (AvgIpc) is 2.58. The summed E-state index contributed by atoms with van der Waals surface area (Å²) in [4.78, 5) is 11.8. The number of phenolic OH excluding ortho intramolecular Hbond substituents is 1. The van der Waals surface area contributed by atoms with Crippen molar-refractivity contribution < 1.29 is 14.6 Å². The highest BCUT2D eigenvalue weighted by molar-refractivity contribution is 6.35. The minimum Gasteiger partial charge on any atom is -0.508 e. The van der Waals surface area contributed by atoms with Crippen molar-refractivity contribution in [3.8, 4) is 11.5 Å². The molecule has 132 valence electrons. The number of hydrogen-bond donors (Lipinski definition) is 2. The van der Waals surface area contributed by atoms with Gasteiger partial charge in [0.05, 0.1) is 17.3 Å². The first-order chi connectivity index (χ1) is 12.0. The topological polar surface area (TPSA) is 70.9 Å². The summed E-state index contributed by atoms with van der Waals surface area (Å²) < 4.78 is 5.52. The maximum Gasteiger partial charge on any atom is 0.240 e. The Morgan fingerprint density at radius 1 is 1.20 bits per heavy atom. The highest BCUT2D eigenvalue weighted by atomic mass is 35.5. The van der Waals surface area contributed by atoms with Crippen molar-refractivity contribution in [2.45, 2.75) is 19.8 Å². The molecule has 7 heteroatoms. The fourth-order valence-corrected chi connectivity index (χ4v) is 2.44. The van der Waals surface area contributed by atoms with E-state index in [0.717, 1.165) is 5.56 Å². The molecule has 0 aliphatic rings. The Kier molecular flexibility index (Phi) is 7.10. The lowest BCUT2D eigenvalue weighted by Crippen LogP contribution is -2.19. The molecule has 0 radical (unpaired) electrons. The largest absolute Gasteiger partial charge is 0.508 e. The summed E-state index contributed by atoms with van der Waals surface area (Å²) in [6.45, 7) is 2.13. The van der Waals surface area contributed by atoms with Crippen LogP contribution in [0.15, 0.2) is 47.6 Å². The number of ether oxygens (including phenoxy) is 1. The highest BCUT2D eigenvalue weighted by Gasteiger charge is 2.05. The minimum absolute atomic E-state index is 0.182. The molecule has 0 spiro atoms. The lowest BCUT2D eigenvalue weighted by Gasteiger charge is -2.08. The Bertz CT molecular complexity index is 761. The summed E-state index contributed by atoms with van der Waals surface area (Å²) in [5.74, 6) is 0.512.